The van der Waals surface area contributed by atoms with E-state index in [2.05, 4.69) is 205 Å². The van der Waals surface area contributed by atoms with Gasteiger partial charge in [-0.1, -0.05) is 164 Å². The Bertz CT molecular complexity index is 3130. The van der Waals surface area contributed by atoms with Gasteiger partial charge in [0.25, 0.3) is 0 Å². The molecule has 0 fully saturated rings. The van der Waals surface area contributed by atoms with Crippen LogP contribution < -0.4 is 4.90 Å². The standard InChI is InChI=1S/C54H37NO/c1-2-13-36(14-3-1)39-25-28-40(29-26-39)45-19-10-11-23-50(45)55(44-32-31-38-16-5-7-18-42(38)34-44)51-35-49-53-46(43-30-27-37-15-4-6-17-41(37)33-43)22-12-24-52(53)56-54(49)48-21-9-8-20-47(48)51/h1-4,6-15,17-35H,5,16H2. The van der Waals surface area contributed by atoms with E-state index in [0.717, 1.165) is 68.2 Å². The predicted molar refractivity (Wildman–Crippen MR) is 237 cm³/mol. The van der Waals surface area contributed by atoms with Crippen molar-refractivity contribution >= 4 is 66.6 Å². The molecule has 0 unspecified atom stereocenters. The highest BCUT2D eigenvalue weighted by Crippen LogP contribution is 2.48. The average molecular weight is 716 g/mol. The number of hydrogen-bond donors (Lipinski definition) is 0. The number of allylic oxidation sites excluding steroid dienone is 1. The monoisotopic (exact) mass is 715 g/mol. The summed E-state index contributed by atoms with van der Waals surface area (Å²) in [7, 11) is 0. The third kappa shape index (κ3) is 5.41. The first-order valence-electron chi connectivity index (χ1n) is 19.5. The fraction of sp³-hybridized carbons (Fsp3) is 0.0370. The number of benzene rings is 9. The molecular weight excluding hydrogens is 679 g/mol. The molecule has 0 bridgehead atoms. The number of anilines is 3. The van der Waals surface area contributed by atoms with Crippen molar-refractivity contribution in [2.45, 2.75) is 12.8 Å². The Kier molecular flexibility index (Phi) is 7.67. The number of nitrogens with zero attached hydrogens (tertiary/aromatic N) is 1. The molecule has 0 aliphatic heterocycles. The average Bonchev–Trinajstić information content (AvgIpc) is 3.66. The van der Waals surface area contributed by atoms with Crippen LogP contribution in [0.3, 0.4) is 0 Å². The lowest BCUT2D eigenvalue weighted by Gasteiger charge is -2.30. The van der Waals surface area contributed by atoms with E-state index in [9.17, 15) is 0 Å². The summed E-state index contributed by atoms with van der Waals surface area (Å²) < 4.78 is 6.85. The predicted octanol–water partition coefficient (Wildman–Crippen LogP) is 15.3. The lowest BCUT2D eigenvalue weighted by atomic mass is 9.94. The van der Waals surface area contributed by atoms with Gasteiger partial charge in [0.15, 0.2) is 0 Å². The van der Waals surface area contributed by atoms with E-state index in [-0.39, 0.29) is 0 Å². The lowest BCUT2D eigenvalue weighted by Crippen LogP contribution is -2.12. The minimum atomic E-state index is 0.886. The molecule has 2 heteroatoms. The maximum Gasteiger partial charge on any atom is 0.143 e. The zero-order valence-corrected chi connectivity index (χ0v) is 30.8. The number of fused-ring (bicyclic) bond motifs is 7. The van der Waals surface area contributed by atoms with E-state index < -0.39 is 0 Å². The minimum absolute atomic E-state index is 0.886. The summed E-state index contributed by atoms with van der Waals surface area (Å²) in [5.74, 6) is 0. The van der Waals surface area contributed by atoms with Crippen molar-refractivity contribution in [3.63, 3.8) is 0 Å². The van der Waals surface area contributed by atoms with Gasteiger partial charge in [0.05, 0.1) is 11.4 Å². The lowest BCUT2D eigenvalue weighted by molar-refractivity contribution is 0.673. The molecule has 11 rings (SSSR count). The normalized spacial score (nSPS) is 12.4. The van der Waals surface area contributed by atoms with Gasteiger partial charge in [-0.25, -0.2) is 0 Å². The number of hydrogen-bond acceptors (Lipinski definition) is 2. The summed E-state index contributed by atoms with van der Waals surface area (Å²) in [6.07, 6.45) is 6.72. The molecule has 9 aromatic carbocycles. The molecule has 0 N–H and O–H groups in total. The topological polar surface area (TPSA) is 16.4 Å². The molecule has 0 amide bonds. The molecule has 0 saturated carbocycles. The zero-order chi connectivity index (χ0) is 37.0. The maximum absolute atomic E-state index is 6.85. The van der Waals surface area contributed by atoms with E-state index in [1.807, 2.05) is 0 Å². The summed E-state index contributed by atoms with van der Waals surface area (Å²) in [5, 5.41) is 6.91. The Labute approximate surface area is 326 Å². The SMILES string of the molecule is C1=Cc2cc(N(c3ccccc3-c3ccc(-c4ccccc4)cc3)c3cc4c(oc5cccc(-c6ccc7ccccc7c6)c54)c4ccccc34)ccc2CC1. The molecule has 0 spiro atoms. The number of furan rings is 1. The highest BCUT2D eigenvalue weighted by molar-refractivity contribution is 6.23. The highest BCUT2D eigenvalue weighted by atomic mass is 16.3. The first-order valence-corrected chi connectivity index (χ1v) is 19.5. The molecule has 10 aromatic rings. The zero-order valence-electron chi connectivity index (χ0n) is 30.8. The van der Waals surface area contributed by atoms with Gasteiger partial charge in [-0.2, -0.15) is 0 Å². The highest BCUT2D eigenvalue weighted by Gasteiger charge is 2.24. The van der Waals surface area contributed by atoms with Crippen LogP contribution in [0.25, 0.3) is 82.9 Å². The summed E-state index contributed by atoms with van der Waals surface area (Å²) in [6, 6.07) is 68.3. The van der Waals surface area contributed by atoms with E-state index in [1.165, 1.54) is 49.7 Å². The van der Waals surface area contributed by atoms with E-state index in [1.54, 1.807) is 0 Å². The van der Waals surface area contributed by atoms with Crippen LogP contribution in [0.4, 0.5) is 17.1 Å². The molecule has 2 nitrogen and oxygen atoms in total. The Morgan fingerprint density at radius 1 is 0.446 bits per heavy atom. The van der Waals surface area contributed by atoms with Gasteiger partial charge in [-0.3, -0.25) is 0 Å². The molecule has 1 heterocycles. The molecular formula is C54H37NO. The van der Waals surface area contributed by atoms with Gasteiger partial charge in [-0.15, -0.1) is 0 Å². The maximum atomic E-state index is 6.85. The van der Waals surface area contributed by atoms with Crippen molar-refractivity contribution < 1.29 is 4.42 Å². The summed E-state index contributed by atoms with van der Waals surface area (Å²) in [6.45, 7) is 0. The molecule has 0 atom stereocenters. The third-order valence-electron chi connectivity index (χ3n) is 11.5. The minimum Gasteiger partial charge on any atom is -0.455 e. The van der Waals surface area contributed by atoms with Gasteiger partial charge in [0, 0.05) is 32.8 Å². The molecule has 1 aromatic heterocycles. The summed E-state index contributed by atoms with van der Waals surface area (Å²) in [5.41, 5.74) is 14.9. The Hall–Kier alpha value is -7.16. The van der Waals surface area contributed by atoms with Crippen molar-refractivity contribution in [1.82, 2.24) is 0 Å². The molecule has 1 aliphatic carbocycles. The fourth-order valence-corrected chi connectivity index (χ4v) is 8.76. The Balaban J connectivity index is 1.18. The molecule has 0 radical (unpaired) electrons. The third-order valence-corrected chi connectivity index (χ3v) is 11.5. The second-order valence-corrected chi connectivity index (χ2v) is 14.8. The van der Waals surface area contributed by atoms with E-state index >= 15 is 0 Å². The van der Waals surface area contributed by atoms with Gasteiger partial charge < -0.3 is 9.32 Å². The van der Waals surface area contributed by atoms with Crippen LogP contribution >= 0.6 is 0 Å². The molecule has 1 aliphatic rings. The van der Waals surface area contributed by atoms with Crippen LogP contribution in [0, 0.1) is 0 Å². The van der Waals surface area contributed by atoms with Crippen molar-refractivity contribution in [2.24, 2.45) is 0 Å². The van der Waals surface area contributed by atoms with Crippen LogP contribution in [0.2, 0.25) is 0 Å². The van der Waals surface area contributed by atoms with Crippen LogP contribution in [-0.2, 0) is 6.42 Å². The van der Waals surface area contributed by atoms with Crippen LogP contribution in [0.1, 0.15) is 17.5 Å². The Morgan fingerprint density at radius 2 is 1.16 bits per heavy atom. The smallest absolute Gasteiger partial charge is 0.143 e. The quantitative estimate of drug-likeness (QED) is 0.170. The number of aryl methyl sites for hydroxylation is 1. The first kappa shape index (κ1) is 32.3. The van der Waals surface area contributed by atoms with Crippen molar-refractivity contribution in [2.75, 3.05) is 4.90 Å². The fourth-order valence-electron chi connectivity index (χ4n) is 8.76. The van der Waals surface area contributed by atoms with Gasteiger partial charge in [0.2, 0.25) is 0 Å². The first-order chi connectivity index (χ1) is 27.8. The molecule has 56 heavy (non-hydrogen) atoms. The van der Waals surface area contributed by atoms with Gasteiger partial charge >= 0.3 is 0 Å². The second-order valence-electron chi connectivity index (χ2n) is 14.8. The van der Waals surface area contributed by atoms with Crippen LogP contribution in [0.5, 0.6) is 0 Å². The van der Waals surface area contributed by atoms with Crippen molar-refractivity contribution in [3.8, 4) is 33.4 Å². The number of para-hydroxylation sites is 1. The Morgan fingerprint density at radius 3 is 2.05 bits per heavy atom. The van der Waals surface area contributed by atoms with Crippen molar-refractivity contribution in [1.29, 1.82) is 0 Å². The molecule has 264 valence electrons. The van der Waals surface area contributed by atoms with Crippen LogP contribution in [0.15, 0.2) is 199 Å². The summed E-state index contributed by atoms with van der Waals surface area (Å²) >= 11 is 0. The second kappa shape index (κ2) is 13.3. The van der Waals surface area contributed by atoms with Crippen molar-refractivity contribution in [3.05, 3.63) is 205 Å². The molecule has 0 saturated heterocycles. The summed E-state index contributed by atoms with van der Waals surface area (Å²) in [4.78, 5) is 2.47. The van der Waals surface area contributed by atoms with Crippen LogP contribution in [-0.4, -0.2) is 0 Å². The van der Waals surface area contributed by atoms with E-state index in [4.69, 9.17) is 4.42 Å². The van der Waals surface area contributed by atoms with Gasteiger partial charge in [0.1, 0.15) is 11.2 Å². The van der Waals surface area contributed by atoms with Gasteiger partial charge in [-0.05, 0) is 99.0 Å². The largest absolute Gasteiger partial charge is 0.455 e. The van der Waals surface area contributed by atoms with E-state index in [0.29, 0.717) is 0 Å². The number of rotatable bonds is 6.